The first kappa shape index (κ1) is 15.7. The molecule has 0 spiro atoms. The lowest BCUT2D eigenvalue weighted by Crippen LogP contribution is -2.57. The molecular formula is C17H27N3O2. The second-order valence-electron chi connectivity index (χ2n) is 6.58. The summed E-state index contributed by atoms with van der Waals surface area (Å²) in [5.41, 5.74) is 1.60. The molecule has 2 saturated heterocycles. The van der Waals surface area contributed by atoms with Gasteiger partial charge >= 0.3 is 0 Å². The van der Waals surface area contributed by atoms with E-state index in [1.54, 1.807) is 7.11 Å². The standard InChI is InChI=1S/C17H27N3O2/c1-17(5-11-22-12-6-17)20-9-7-19(8-10-20)14-15-3-4-16(21-2)18-13-15/h3-4,13H,5-12,14H2,1-2H3. The Labute approximate surface area is 133 Å². The SMILES string of the molecule is COc1ccc(CN2CCN(C3(C)CCOCC3)CC2)cn1. The minimum Gasteiger partial charge on any atom is -0.481 e. The Bertz CT molecular complexity index is 463. The van der Waals surface area contributed by atoms with Gasteiger partial charge in [0, 0.05) is 63.7 Å². The molecule has 0 aromatic carbocycles. The maximum Gasteiger partial charge on any atom is 0.212 e. The van der Waals surface area contributed by atoms with Gasteiger partial charge in [0.15, 0.2) is 0 Å². The van der Waals surface area contributed by atoms with Gasteiger partial charge in [0.25, 0.3) is 0 Å². The predicted molar refractivity (Wildman–Crippen MR) is 86.1 cm³/mol. The number of hydrogen-bond donors (Lipinski definition) is 0. The fourth-order valence-corrected chi connectivity index (χ4v) is 3.46. The molecule has 2 aliphatic heterocycles. The first-order valence-electron chi connectivity index (χ1n) is 8.24. The normalized spacial score (nSPS) is 23.4. The number of piperazine rings is 1. The zero-order valence-corrected chi connectivity index (χ0v) is 13.8. The summed E-state index contributed by atoms with van der Waals surface area (Å²) in [7, 11) is 1.65. The maximum atomic E-state index is 5.52. The molecule has 1 aromatic rings. The number of nitrogens with zero attached hydrogens (tertiary/aromatic N) is 3. The zero-order chi connectivity index (χ0) is 15.4. The lowest BCUT2D eigenvalue weighted by atomic mass is 9.89. The summed E-state index contributed by atoms with van der Waals surface area (Å²) in [6.07, 6.45) is 4.25. The second-order valence-corrected chi connectivity index (χ2v) is 6.58. The van der Waals surface area contributed by atoms with Gasteiger partial charge in [-0.15, -0.1) is 0 Å². The van der Waals surface area contributed by atoms with E-state index >= 15 is 0 Å². The molecule has 5 heteroatoms. The van der Waals surface area contributed by atoms with Crippen LogP contribution < -0.4 is 4.74 Å². The van der Waals surface area contributed by atoms with Crippen molar-refractivity contribution in [3.63, 3.8) is 0 Å². The minimum absolute atomic E-state index is 0.339. The van der Waals surface area contributed by atoms with Crippen LogP contribution in [0.2, 0.25) is 0 Å². The van der Waals surface area contributed by atoms with E-state index in [4.69, 9.17) is 9.47 Å². The zero-order valence-electron chi connectivity index (χ0n) is 13.8. The topological polar surface area (TPSA) is 37.8 Å². The predicted octanol–water partition coefficient (Wildman–Crippen LogP) is 1.78. The highest BCUT2D eigenvalue weighted by molar-refractivity contribution is 5.17. The smallest absolute Gasteiger partial charge is 0.212 e. The van der Waals surface area contributed by atoms with Crippen LogP contribution in [-0.2, 0) is 11.3 Å². The van der Waals surface area contributed by atoms with Crippen molar-refractivity contribution in [1.82, 2.24) is 14.8 Å². The van der Waals surface area contributed by atoms with Crippen molar-refractivity contribution in [3.8, 4) is 5.88 Å². The molecule has 1 aromatic heterocycles. The van der Waals surface area contributed by atoms with E-state index in [0.717, 1.165) is 58.8 Å². The van der Waals surface area contributed by atoms with Gasteiger partial charge in [0.2, 0.25) is 5.88 Å². The molecule has 0 N–H and O–H groups in total. The number of hydrogen-bond acceptors (Lipinski definition) is 5. The Kier molecular flexibility index (Phi) is 4.96. The monoisotopic (exact) mass is 305 g/mol. The van der Waals surface area contributed by atoms with E-state index in [0.29, 0.717) is 11.4 Å². The molecule has 0 radical (unpaired) electrons. The molecule has 122 valence electrons. The van der Waals surface area contributed by atoms with Crippen LogP contribution >= 0.6 is 0 Å². The van der Waals surface area contributed by atoms with Gasteiger partial charge in [0.05, 0.1) is 7.11 Å². The summed E-state index contributed by atoms with van der Waals surface area (Å²) < 4.78 is 10.6. The highest BCUT2D eigenvalue weighted by Crippen LogP contribution is 2.28. The van der Waals surface area contributed by atoms with Crippen LogP contribution in [0.3, 0.4) is 0 Å². The molecule has 0 unspecified atom stereocenters. The molecule has 2 fully saturated rings. The summed E-state index contributed by atoms with van der Waals surface area (Å²) in [6, 6.07) is 4.05. The lowest BCUT2D eigenvalue weighted by molar-refractivity contribution is -0.0385. The number of aromatic nitrogens is 1. The Morgan fingerprint density at radius 3 is 2.50 bits per heavy atom. The molecule has 0 saturated carbocycles. The Hall–Kier alpha value is -1.17. The third-order valence-corrected chi connectivity index (χ3v) is 5.12. The van der Waals surface area contributed by atoms with Gasteiger partial charge in [0.1, 0.15) is 0 Å². The second kappa shape index (κ2) is 6.94. The van der Waals surface area contributed by atoms with Crippen molar-refractivity contribution in [1.29, 1.82) is 0 Å². The summed E-state index contributed by atoms with van der Waals surface area (Å²) in [5, 5.41) is 0. The summed E-state index contributed by atoms with van der Waals surface area (Å²) in [6.45, 7) is 9.76. The van der Waals surface area contributed by atoms with Crippen molar-refractivity contribution in [3.05, 3.63) is 23.9 Å². The van der Waals surface area contributed by atoms with E-state index < -0.39 is 0 Å². The number of rotatable bonds is 4. The quantitative estimate of drug-likeness (QED) is 0.848. The molecule has 0 bridgehead atoms. The van der Waals surface area contributed by atoms with Crippen molar-refractivity contribution in [2.45, 2.75) is 31.8 Å². The maximum absolute atomic E-state index is 5.52. The third kappa shape index (κ3) is 3.59. The van der Waals surface area contributed by atoms with Gasteiger partial charge < -0.3 is 9.47 Å². The van der Waals surface area contributed by atoms with Gasteiger partial charge in [-0.05, 0) is 25.3 Å². The molecule has 0 atom stereocenters. The van der Waals surface area contributed by atoms with E-state index in [2.05, 4.69) is 27.8 Å². The van der Waals surface area contributed by atoms with Crippen molar-refractivity contribution in [2.75, 3.05) is 46.5 Å². The van der Waals surface area contributed by atoms with Crippen molar-refractivity contribution >= 4 is 0 Å². The van der Waals surface area contributed by atoms with E-state index in [9.17, 15) is 0 Å². The minimum atomic E-state index is 0.339. The highest BCUT2D eigenvalue weighted by Gasteiger charge is 2.35. The molecule has 0 amide bonds. The lowest BCUT2D eigenvalue weighted by Gasteiger charge is -2.47. The molecule has 0 aliphatic carbocycles. The van der Waals surface area contributed by atoms with E-state index in [-0.39, 0.29) is 0 Å². The number of methoxy groups -OCH3 is 1. The van der Waals surface area contributed by atoms with Crippen LogP contribution in [0.5, 0.6) is 5.88 Å². The highest BCUT2D eigenvalue weighted by atomic mass is 16.5. The fourth-order valence-electron chi connectivity index (χ4n) is 3.46. The van der Waals surface area contributed by atoms with Gasteiger partial charge in [-0.3, -0.25) is 9.80 Å². The molecule has 22 heavy (non-hydrogen) atoms. The van der Waals surface area contributed by atoms with Crippen LogP contribution in [0.15, 0.2) is 18.3 Å². The first-order valence-corrected chi connectivity index (χ1v) is 8.24. The molecular weight excluding hydrogens is 278 g/mol. The number of ether oxygens (including phenoxy) is 2. The van der Waals surface area contributed by atoms with Crippen LogP contribution in [0, 0.1) is 0 Å². The molecule has 3 rings (SSSR count). The Balaban J connectivity index is 1.50. The fraction of sp³-hybridized carbons (Fsp3) is 0.706. The van der Waals surface area contributed by atoms with Crippen LogP contribution in [0.1, 0.15) is 25.3 Å². The van der Waals surface area contributed by atoms with Crippen molar-refractivity contribution in [2.24, 2.45) is 0 Å². The van der Waals surface area contributed by atoms with E-state index in [1.807, 2.05) is 12.3 Å². The van der Waals surface area contributed by atoms with Crippen molar-refractivity contribution < 1.29 is 9.47 Å². The Morgan fingerprint density at radius 2 is 1.91 bits per heavy atom. The summed E-state index contributed by atoms with van der Waals surface area (Å²) >= 11 is 0. The summed E-state index contributed by atoms with van der Waals surface area (Å²) in [5.74, 6) is 0.681. The number of pyridine rings is 1. The molecule has 3 heterocycles. The van der Waals surface area contributed by atoms with Gasteiger partial charge in [-0.1, -0.05) is 6.07 Å². The Morgan fingerprint density at radius 1 is 1.18 bits per heavy atom. The van der Waals surface area contributed by atoms with Gasteiger partial charge in [-0.25, -0.2) is 4.98 Å². The van der Waals surface area contributed by atoms with Crippen LogP contribution in [-0.4, -0.2) is 66.8 Å². The summed E-state index contributed by atoms with van der Waals surface area (Å²) in [4.78, 5) is 9.47. The third-order valence-electron chi connectivity index (χ3n) is 5.12. The van der Waals surface area contributed by atoms with Crippen LogP contribution in [0.25, 0.3) is 0 Å². The average Bonchev–Trinajstić information content (AvgIpc) is 2.57. The molecule has 5 nitrogen and oxygen atoms in total. The van der Waals surface area contributed by atoms with E-state index in [1.165, 1.54) is 5.56 Å². The average molecular weight is 305 g/mol. The molecule has 2 aliphatic rings. The first-order chi connectivity index (χ1) is 10.7. The largest absolute Gasteiger partial charge is 0.481 e. The van der Waals surface area contributed by atoms with Crippen LogP contribution in [0.4, 0.5) is 0 Å². The van der Waals surface area contributed by atoms with Gasteiger partial charge in [-0.2, -0.15) is 0 Å².